The number of anilines is 3. The summed E-state index contributed by atoms with van der Waals surface area (Å²) in [6.07, 6.45) is 0. The van der Waals surface area contributed by atoms with Gasteiger partial charge in [-0.15, -0.1) is 0 Å². The number of hydrogen-bond acceptors (Lipinski definition) is 5. The summed E-state index contributed by atoms with van der Waals surface area (Å²) in [6, 6.07) is 60.8. The second-order valence-electron chi connectivity index (χ2n) is 13.9. The number of nitrogens with zero attached hydrogens (tertiary/aromatic N) is 3. The third-order valence-electron chi connectivity index (χ3n) is 10.8. The van der Waals surface area contributed by atoms with Crippen molar-refractivity contribution >= 4 is 93.8 Å². The predicted molar refractivity (Wildman–Crippen MR) is 223 cm³/mol. The first-order valence-corrected chi connectivity index (χ1v) is 18.4. The van der Waals surface area contributed by atoms with Gasteiger partial charge in [-0.2, -0.15) is 0 Å². The van der Waals surface area contributed by atoms with Crippen molar-refractivity contribution in [3.63, 3.8) is 0 Å². The Kier molecular flexibility index (Phi) is 6.24. The molecule has 0 aliphatic carbocycles. The molecule has 0 unspecified atom stereocenters. The average Bonchev–Trinajstić information content (AvgIpc) is 4.01. The van der Waals surface area contributed by atoms with Crippen molar-refractivity contribution in [1.29, 1.82) is 0 Å². The Hall–Kier alpha value is -7.57. The van der Waals surface area contributed by atoms with Crippen LogP contribution < -0.4 is 4.90 Å². The van der Waals surface area contributed by atoms with Gasteiger partial charge in [0.1, 0.15) is 16.7 Å². The van der Waals surface area contributed by atoms with Gasteiger partial charge >= 0.3 is 0 Å². The summed E-state index contributed by atoms with van der Waals surface area (Å²) in [5, 5.41) is 6.44. The van der Waals surface area contributed by atoms with Crippen LogP contribution in [0.15, 0.2) is 189 Å². The number of benzene rings is 8. The van der Waals surface area contributed by atoms with Crippen LogP contribution in [-0.2, 0) is 0 Å². The van der Waals surface area contributed by atoms with Crippen molar-refractivity contribution in [2.75, 3.05) is 4.90 Å². The molecule has 6 heteroatoms. The molecule has 12 rings (SSSR count). The van der Waals surface area contributed by atoms with Gasteiger partial charge in [0.15, 0.2) is 16.7 Å². The number of furan rings is 2. The summed E-state index contributed by atoms with van der Waals surface area (Å²) < 4.78 is 22.2. The van der Waals surface area contributed by atoms with Crippen molar-refractivity contribution in [2.45, 2.75) is 0 Å². The first kappa shape index (κ1) is 29.9. The highest BCUT2D eigenvalue weighted by Crippen LogP contribution is 2.47. The molecule has 4 heterocycles. The standard InChI is InChI=1S/C49H29N3O3/c1-3-13-30(14-4-1)49-50-39-29-45-38(28-46(39)55-49)37-20-12-23-42(48(37)54-45)52(41-22-11-19-36-35-18-8-10-24-44(35)53-47(36)41)32-25-26-34-33-17-7-9-21-40(33)51(43(34)27-32)31-15-5-2-6-16-31/h1-29H. The highest BCUT2D eigenvalue weighted by atomic mass is 16.4. The maximum absolute atomic E-state index is 6.87. The van der Waals surface area contributed by atoms with Gasteiger partial charge in [0.25, 0.3) is 0 Å². The molecule has 0 bridgehead atoms. The van der Waals surface area contributed by atoms with Crippen LogP contribution in [0, 0.1) is 0 Å². The summed E-state index contributed by atoms with van der Waals surface area (Å²) in [7, 11) is 0. The van der Waals surface area contributed by atoms with Gasteiger partial charge in [0, 0.05) is 55.3 Å². The minimum Gasteiger partial charge on any atom is -0.454 e. The van der Waals surface area contributed by atoms with Crippen molar-refractivity contribution in [1.82, 2.24) is 9.55 Å². The van der Waals surface area contributed by atoms with Crippen LogP contribution in [0.25, 0.3) is 93.9 Å². The summed E-state index contributed by atoms with van der Waals surface area (Å²) in [4.78, 5) is 7.11. The van der Waals surface area contributed by atoms with Crippen molar-refractivity contribution in [3.05, 3.63) is 176 Å². The first-order valence-electron chi connectivity index (χ1n) is 18.4. The zero-order chi connectivity index (χ0) is 36.0. The van der Waals surface area contributed by atoms with E-state index in [1.54, 1.807) is 0 Å². The van der Waals surface area contributed by atoms with E-state index in [9.17, 15) is 0 Å². The lowest BCUT2D eigenvalue weighted by Crippen LogP contribution is -2.10. The van der Waals surface area contributed by atoms with Gasteiger partial charge in [0.2, 0.25) is 5.89 Å². The van der Waals surface area contributed by atoms with E-state index in [0.717, 1.165) is 88.7 Å². The summed E-state index contributed by atoms with van der Waals surface area (Å²) >= 11 is 0. The number of rotatable bonds is 5. The van der Waals surface area contributed by atoms with Crippen LogP contribution in [0.5, 0.6) is 0 Å². The fraction of sp³-hybridized carbons (Fsp3) is 0. The Balaban J connectivity index is 1.13. The van der Waals surface area contributed by atoms with Crippen molar-refractivity contribution < 1.29 is 13.3 Å². The second-order valence-corrected chi connectivity index (χ2v) is 13.9. The molecular weight excluding hydrogens is 679 g/mol. The number of para-hydroxylation sites is 5. The zero-order valence-electron chi connectivity index (χ0n) is 29.3. The molecule has 0 fully saturated rings. The lowest BCUT2D eigenvalue weighted by molar-refractivity contribution is 0.620. The van der Waals surface area contributed by atoms with Gasteiger partial charge < -0.3 is 22.7 Å². The molecule has 4 aromatic heterocycles. The molecule has 0 N–H and O–H groups in total. The normalized spacial score (nSPS) is 12.0. The van der Waals surface area contributed by atoms with Crippen LogP contribution in [0.2, 0.25) is 0 Å². The molecule has 8 aromatic carbocycles. The van der Waals surface area contributed by atoms with Crippen LogP contribution in [0.3, 0.4) is 0 Å². The van der Waals surface area contributed by atoms with E-state index in [-0.39, 0.29) is 0 Å². The Morgan fingerprint density at radius 2 is 1.05 bits per heavy atom. The van der Waals surface area contributed by atoms with Gasteiger partial charge in [-0.25, -0.2) is 4.98 Å². The Morgan fingerprint density at radius 1 is 0.418 bits per heavy atom. The van der Waals surface area contributed by atoms with Crippen LogP contribution in [0.1, 0.15) is 0 Å². The monoisotopic (exact) mass is 707 g/mol. The largest absolute Gasteiger partial charge is 0.454 e. The molecule has 6 nitrogen and oxygen atoms in total. The van der Waals surface area contributed by atoms with E-state index in [4.69, 9.17) is 18.2 Å². The highest BCUT2D eigenvalue weighted by molar-refractivity contribution is 6.16. The predicted octanol–water partition coefficient (Wildman–Crippen LogP) is 13.9. The number of fused-ring (bicyclic) bond motifs is 10. The molecule has 0 radical (unpaired) electrons. The minimum absolute atomic E-state index is 0.585. The molecule has 0 aliphatic heterocycles. The van der Waals surface area contributed by atoms with E-state index in [0.29, 0.717) is 11.5 Å². The van der Waals surface area contributed by atoms with Crippen LogP contribution in [-0.4, -0.2) is 9.55 Å². The average molecular weight is 708 g/mol. The van der Waals surface area contributed by atoms with Gasteiger partial charge in [-0.3, -0.25) is 0 Å². The van der Waals surface area contributed by atoms with E-state index < -0.39 is 0 Å². The van der Waals surface area contributed by atoms with Crippen LogP contribution in [0.4, 0.5) is 17.1 Å². The molecule has 258 valence electrons. The van der Waals surface area contributed by atoms with Crippen molar-refractivity contribution in [3.8, 4) is 17.1 Å². The molecular formula is C49H29N3O3. The fourth-order valence-electron chi connectivity index (χ4n) is 8.35. The molecule has 0 atom stereocenters. The van der Waals surface area contributed by atoms with E-state index in [2.05, 4.69) is 131 Å². The Bertz CT molecular complexity index is 3440. The van der Waals surface area contributed by atoms with Crippen LogP contribution >= 0.6 is 0 Å². The third kappa shape index (κ3) is 4.46. The van der Waals surface area contributed by atoms with E-state index >= 15 is 0 Å². The molecule has 0 saturated heterocycles. The van der Waals surface area contributed by atoms with Gasteiger partial charge in [-0.05, 0) is 66.7 Å². The quantitative estimate of drug-likeness (QED) is 0.178. The Morgan fingerprint density at radius 3 is 1.85 bits per heavy atom. The minimum atomic E-state index is 0.585. The van der Waals surface area contributed by atoms with E-state index in [1.165, 1.54) is 10.8 Å². The lowest BCUT2D eigenvalue weighted by Gasteiger charge is -2.26. The first-order chi connectivity index (χ1) is 27.3. The number of hydrogen-bond donors (Lipinski definition) is 0. The SMILES string of the molecule is c1ccc(-c2nc3cc4oc5c(N(c6ccc7c8ccccc8n(-c8ccccc8)c7c6)c6cccc7c6oc6ccccc67)cccc5c4cc3o2)cc1. The topological polar surface area (TPSA) is 60.5 Å². The smallest absolute Gasteiger partial charge is 0.227 e. The molecule has 55 heavy (non-hydrogen) atoms. The maximum Gasteiger partial charge on any atom is 0.227 e. The van der Waals surface area contributed by atoms with E-state index in [1.807, 2.05) is 54.6 Å². The third-order valence-corrected chi connectivity index (χ3v) is 10.8. The molecule has 0 amide bonds. The summed E-state index contributed by atoms with van der Waals surface area (Å²) in [5.41, 5.74) is 11.6. The lowest BCUT2D eigenvalue weighted by atomic mass is 10.1. The molecule has 0 saturated carbocycles. The fourth-order valence-corrected chi connectivity index (χ4v) is 8.35. The van der Waals surface area contributed by atoms with Crippen molar-refractivity contribution in [2.24, 2.45) is 0 Å². The van der Waals surface area contributed by atoms with Gasteiger partial charge in [-0.1, -0.05) is 103 Å². The highest BCUT2D eigenvalue weighted by Gasteiger charge is 2.25. The molecule has 0 spiro atoms. The van der Waals surface area contributed by atoms with Gasteiger partial charge in [0.05, 0.1) is 22.4 Å². The number of aromatic nitrogens is 2. The maximum atomic E-state index is 6.87. The molecule has 12 aromatic rings. The molecule has 0 aliphatic rings. The Labute approximate surface area is 313 Å². The zero-order valence-corrected chi connectivity index (χ0v) is 29.3. The second kappa shape index (κ2) is 11.5. The number of oxazole rings is 1. The summed E-state index contributed by atoms with van der Waals surface area (Å²) in [6.45, 7) is 0. The summed E-state index contributed by atoms with van der Waals surface area (Å²) in [5.74, 6) is 0.585.